The summed E-state index contributed by atoms with van der Waals surface area (Å²) in [7, 11) is 0. The van der Waals surface area contributed by atoms with Crippen LogP contribution in [0.15, 0.2) is 12.2 Å². The van der Waals surface area contributed by atoms with Crippen LogP contribution in [0.4, 0.5) is 0 Å². The van der Waals surface area contributed by atoms with E-state index in [1.54, 1.807) is 0 Å². The molecule has 0 amide bonds. The van der Waals surface area contributed by atoms with E-state index in [1.165, 1.54) is 37.7 Å². The van der Waals surface area contributed by atoms with Gasteiger partial charge in [-0.3, -0.25) is 0 Å². The Labute approximate surface area is 254 Å². The van der Waals surface area contributed by atoms with Gasteiger partial charge in [0.05, 0.1) is 25.4 Å². The van der Waals surface area contributed by atoms with Crippen LogP contribution >= 0.6 is 0 Å². The Morgan fingerprint density at radius 1 is 0.857 bits per heavy atom. The van der Waals surface area contributed by atoms with Crippen LogP contribution in [0.1, 0.15) is 112 Å². The van der Waals surface area contributed by atoms with Crippen LogP contribution in [0.5, 0.6) is 0 Å². The minimum atomic E-state index is -1.08. The van der Waals surface area contributed by atoms with E-state index in [1.807, 2.05) is 0 Å². The molecule has 6 heteroatoms. The lowest BCUT2D eigenvalue weighted by Crippen LogP contribution is -2.66. The second-order valence-corrected chi connectivity index (χ2v) is 17.3. The summed E-state index contributed by atoms with van der Waals surface area (Å²) in [5, 5.41) is 41.4. The van der Waals surface area contributed by atoms with Crippen molar-refractivity contribution < 1.29 is 29.9 Å². The van der Waals surface area contributed by atoms with E-state index < -0.39 is 24.6 Å². The highest BCUT2D eigenvalue weighted by molar-refractivity contribution is 5.21. The molecular weight excluding hydrogens is 528 g/mol. The van der Waals surface area contributed by atoms with Gasteiger partial charge in [0.25, 0.3) is 0 Å². The van der Waals surface area contributed by atoms with Gasteiger partial charge in [-0.1, -0.05) is 46.8 Å². The number of hydrogen-bond donors (Lipinski definition) is 4. The Kier molecular flexibility index (Phi) is 7.89. The quantitative estimate of drug-likeness (QED) is 0.301. The van der Waals surface area contributed by atoms with Gasteiger partial charge in [-0.25, -0.2) is 0 Å². The first-order valence-corrected chi connectivity index (χ1v) is 17.2. The molecule has 0 aromatic carbocycles. The van der Waals surface area contributed by atoms with Gasteiger partial charge < -0.3 is 29.9 Å². The fraction of sp³-hybridized carbons (Fsp3) is 0.944. The molecule has 5 saturated carbocycles. The van der Waals surface area contributed by atoms with Crippen molar-refractivity contribution in [2.24, 2.45) is 56.7 Å². The molecule has 1 aliphatic heterocycles. The number of hydrogen-bond acceptors (Lipinski definition) is 6. The number of rotatable bonds is 5. The summed E-state index contributed by atoms with van der Waals surface area (Å²) < 4.78 is 12.4. The van der Waals surface area contributed by atoms with E-state index in [2.05, 4.69) is 48.1 Å². The van der Waals surface area contributed by atoms with Crippen molar-refractivity contribution >= 4 is 0 Å². The average molecular weight is 589 g/mol. The van der Waals surface area contributed by atoms with Gasteiger partial charge in [0.15, 0.2) is 6.29 Å². The Bertz CT molecular complexity index is 1040. The maximum Gasteiger partial charge on any atom is 0.160 e. The predicted octanol–water partition coefficient (Wildman–Crippen LogP) is 5.85. The van der Waals surface area contributed by atoms with Crippen molar-refractivity contribution in [1.29, 1.82) is 0 Å². The zero-order chi connectivity index (χ0) is 30.5. The van der Waals surface area contributed by atoms with Gasteiger partial charge in [0.1, 0.15) is 12.2 Å². The van der Waals surface area contributed by atoms with Crippen LogP contribution in [0.3, 0.4) is 0 Å². The molecule has 0 aromatic heterocycles. The molecule has 0 bridgehead atoms. The summed E-state index contributed by atoms with van der Waals surface area (Å²) in [5.74, 6) is 2.90. The molecule has 42 heavy (non-hydrogen) atoms. The third-order valence-electron chi connectivity index (χ3n) is 15.5. The van der Waals surface area contributed by atoms with Crippen molar-refractivity contribution in [3.63, 3.8) is 0 Å². The first-order chi connectivity index (χ1) is 19.6. The summed E-state index contributed by atoms with van der Waals surface area (Å²) in [6, 6.07) is 0. The first-order valence-electron chi connectivity index (χ1n) is 17.2. The fourth-order valence-electron chi connectivity index (χ4n) is 13.0. The first kappa shape index (κ1) is 31.5. The lowest BCUT2D eigenvalue weighted by atomic mass is 9.32. The molecule has 0 spiro atoms. The topological polar surface area (TPSA) is 99.4 Å². The molecule has 5 aliphatic carbocycles. The molecule has 6 nitrogen and oxygen atoms in total. The second-order valence-electron chi connectivity index (χ2n) is 17.3. The molecule has 6 rings (SSSR count). The zero-order valence-electron chi connectivity index (χ0n) is 27.3. The molecule has 1 heterocycles. The maximum atomic E-state index is 11.0. The fourth-order valence-corrected chi connectivity index (χ4v) is 13.0. The minimum absolute atomic E-state index is 0.0263. The third kappa shape index (κ3) is 4.31. The molecule has 14 atom stereocenters. The van der Waals surface area contributed by atoms with Crippen LogP contribution in [0.25, 0.3) is 0 Å². The highest BCUT2D eigenvalue weighted by Gasteiger charge is 2.71. The molecule has 0 aromatic rings. The second kappa shape index (κ2) is 10.5. The summed E-state index contributed by atoms with van der Waals surface area (Å²) in [4.78, 5) is 0. The number of aliphatic hydroxyl groups excluding tert-OH is 4. The lowest BCUT2D eigenvalue weighted by molar-refractivity contribution is -0.277. The van der Waals surface area contributed by atoms with Gasteiger partial charge in [-0.2, -0.15) is 0 Å². The molecule has 6 fully saturated rings. The molecule has 240 valence electrons. The smallest absolute Gasteiger partial charge is 0.160 e. The number of aliphatic hydroxyl groups is 4. The summed E-state index contributed by atoms with van der Waals surface area (Å²) in [5.41, 5.74) is 2.15. The van der Waals surface area contributed by atoms with Crippen molar-refractivity contribution in [3.05, 3.63) is 12.2 Å². The lowest BCUT2D eigenvalue weighted by Gasteiger charge is -2.73. The largest absolute Gasteiger partial charge is 0.394 e. The Balaban J connectivity index is 1.28. The van der Waals surface area contributed by atoms with Gasteiger partial charge in [0, 0.05) is 6.42 Å². The highest BCUT2D eigenvalue weighted by Crippen LogP contribution is 2.77. The van der Waals surface area contributed by atoms with Crippen molar-refractivity contribution in [1.82, 2.24) is 0 Å². The Morgan fingerprint density at radius 3 is 2.29 bits per heavy atom. The SMILES string of the molecule is C=C(C)[C@@H]1CC[C@]2(COC3C[C@@H](O)[C@H](O)[C@@H](CO)O3)CC[C@]3(C)[C@H](CCC4[C@@]5(C)CC[C@@H](O)C(C)(C)[C@@H]5CC[C@]43C)[C@@H]12. The average Bonchev–Trinajstić information content (AvgIpc) is 3.32. The summed E-state index contributed by atoms with van der Waals surface area (Å²) in [6.45, 7) is 19.6. The molecule has 1 saturated heterocycles. The van der Waals surface area contributed by atoms with Crippen LogP contribution in [0, 0.1) is 56.7 Å². The molecule has 4 N–H and O–H groups in total. The monoisotopic (exact) mass is 588 g/mol. The van der Waals surface area contributed by atoms with Gasteiger partial charge >= 0.3 is 0 Å². The molecule has 2 unspecified atom stereocenters. The minimum Gasteiger partial charge on any atom is -0.394 e. The normalized spacial score (nSPS) is 55.2. The van der Waals surface area contributed by atoms with Gasteiger partial charge in [-0.05, 0) is 128 Å². The van der Waals surface area contributed by atoms with Crippen molar-refractivity contribution in [3.8, 4) is 0 Å². The van der Waals surface area contributed by atoms with E-state index in [9.17, 15) is 20.4 Å². The maximum absolute atomic E-state index is 11.0. The van der Waals surface area contributed by atoms with Crippen molar-refractivity contribution in [2.75, 3.05) is 13.2 Å². The zero-order valence-corrected chi connectivity index (χ0v) is 27.3. The molecular formula is C36H60O6. The molecule has 6 aliphatic rings. The predicted molar refractivity (Wildman–Crippen MR) is 163 cm³/mol. The Hall–Kier alpha value is -0.500. The van der Waals surface area contributed by atoms with Gasteiger partial charge in [-0.15, -0.1) is 0 Å². The van der Waals surface area contributed by atoms with Crippen LogP contribution in [0.2, 0.25) is 0 Å². The van der Waals surface area contributed by atoms with E-state index in [-0.39, 0.29) is 46.2 Å². The van der Waals surface area contributed by atoms with Gasteiger partial charge in [0.2, 0.25) is 0 Å². The van der Waals surface area contributed by atoms with Crippen LogP contribution in [-0.2, 0) is 9.47 Å². The third-order valence-corrected chi connectivity index (χ3v) is 15.5. The summed E-state index contributed by atoms with van der Waals surface area (Å²) in [6.07, 6.45) is 8.33. The van der Waals surface area contributed by atoms with E-state index in [0.717, 1.165) is 32.1 Å². The van der Waals surface area contributed by atoms with Crippen molar-refractivity contribution in [2.45, 2.75) is 143 Å². The number of allylic oxidation sites excluding steroid dienone is 1. The standard InChI is InChI=1S/C36H60O6/c1-21(2)22-10-15-36(20-41-29-18-24(38)31(40)25(19-37)42-29)17-16-34(6)23(30(22)36)8-9-27-33(5)13-12-28(39)32(3,4)26(33)11-14-35(27,34)7/h22-31,37-40H,1,8-20H2,2-7H3/t22-,23+,24+,25+,26-,27?,28+,29?,30+,31-,33-,34+,35+,36+/m0/s1. The van der Waals surface area contributed by atoms with E-state index in [0.29, 0.717) is 36.2 Å². The highest BCUT2D eigenvalue weighted by atomic mass is 16.7. The number of fused-ring (bicyclic) bond motifs is 7. The van der Waals surface area contributed by atoms with Crippen LogP contribution < -0.4 is 0 Å². The van der Waals surface area contributed by atoms with E-state index >= 15 is 0 Å². The number of ether oxygens (including phenoxy) is 2. The van der Waals surface area contributed by atoms with E-state index in [4.69, 9.17) is 9.47 Å². The summed E-state index contributed by atoms with van der Waals surface area (Å²) >= 11 is 0. The van der Waals surface area contributed by atoms with Crippen LogP contribution in [-0.4, -0.2) is 64.3 Å². The molecule has 0 radical (unpaired) electrons. The Morgan fingerprint density at radius 2 is 1.60 bits per heavy atom.